The van der Waals surface area contributed by atoms with E-state index in [1.54, 1.807) is 30.3 Å². The smallest absolute Gasteiger partial charge is 0.461 e. The van der Waals surface area contributed by atoms with Crippen molar-refractivity contribution in [3.8, 4) is 5.75 Å². The lowest BCUT2D eigenvalue weighted by Gasteiger charge is -2.39. The van der Waals surface area contributed by atoms with Crippen LogP contribution in [0, 0.1) is 5.92 Å². The zero-order valence-electron chi connectivity index (χ0n) is 32.7. The molecule has 4 N–H and O–H groups in total. The average Bonchev–Trinajstić information content (AvgIpc) is 3.86. The number of hydrogen-bond donors (Lipinski definition) is 4. The summed E-state index contributed by atoms with van der Waals surface area (Å²) in [6.45, 7) is 3.33. The number of rotatable bonds is 7. The van der Waals surface area contributed by atoms with Crippen molar-refractivity contribution in [1.82, 2.24) is 30.7 Å². The third-order valence-corrected chi connectivity index (χ3v) is 11.0. The van der Waals surface area contributed by atoms with E-state index < -0.39 is 96.5 Å². The molecule has 4 aliphatic heterocycles. The molecule has 4 aliphatic rings. The number of cyclic esters (lactones) is 1. The van der Waals surface area contributed by atoms with E-state index in [4.69, 9.17) is 4.74 Å². The number of fused-ring (bicyclic) bond motifs is 3. The summed E-state index contributed by atoms with van der Waals surface area (Å²) in [4.78, 5) is 101. The Labute approximate surface area is 338 Å². The first kappa shape index (κ1) is 42.7. The Morgan fingerprint density at radius 1 is 0.847 bits per heavy atom. The Bertz CT molecular complexity index is 1900. The van der Waals surface area contributed by atoms with Crippen LogP contribution in [-0.2, 0) is 39.9 Å². The lowest BCUT2D eigenvalue weighted by molar-refractivity contribution is -0.274. The summed E-state index contributed by atoms with van der Waals surface area (Å²) < 4.78 is 47.5. The number of amides is 7. The summed E-state index contributed by atoms with van der Waals surface area (Å²) in [6, 6.07) is 5.26. The number of nitrogens with one attached hydrogen (secondary N) is 4. The highest BCUT2D eigenvalue weighted by Gasteiger charge is 2.46. The Kier molecular flexibility index (Phi) is 13.3. The van der Waals surface area contributed by atoms with Gasteiger partial charge in [-0.3, -0.25) is 24.0 Å². The minimum absolute atomic E-state index is 0.0718. The van der Waals surface area contributed by atoms with Gasteiger partial charge in [-0.15, -0.1) is 13.2 Å². The number of nitrogens with zero attached hydrogens (tertiary/aromatic N) is 3. The summed E-state index contributed by atoms with van der Waals surface area (Å²) in [5.41, 5.74) is 0.703. The lowest BCUT2D eigenvalue weighted by atomic mass is 9.99. The number of urea groups is 1. The van der Waals surface area contributed by atoms with Gasteiger partial charge in [0.25, 0.3) is 0 Å². The van der Waals surface area contributed by atoms with Crippen molar-refractivity contribution in [1.29, 1.82) is 0 Å². The summed E-state index contributed by atoms with van der Waals surface area (Å²) in [7, 11) is 0. The molecule has 16 nitrogen and oxygen atoms in total. The van der Waals surface area contributed by atoms with E-state index in [1.807, 2.05) is 6.92 Å². The molecular weight excluding hydrogens is 779 g/mol. The molecule has 19 heteroatoms. The first-order valence-electron chi connectivity index (χ1n) is 19.7. The van der Waals surface area contributed by atoms with Crippen LogP contribution in [-0.4, -0.2) is 125 Å². The fraction of sp³-hybridized carbons (Fsp3) is 0.525. The fourth-order valence-corrected chi connectivity index (χ4v) is 8.11. The Balaban J connectivity index is 1.27. The van der Waals surface area contributed by atoms with E-state index >= 15 is 0 Å². The maximum absolute atomic E-state index is 14.5. The summed E-state index contributed by atoms with van der Waals surface area (Å²) in [5.74, 6) is -4.47. The van der Waals surface area contributed by atoms with Crippen molar-refractivity contribution in [3.63, 3.8) is 0 Å². The predicted octanol–water partition coefficient (Wildman–Crippen LogP) is 2.47. The third-order valence-electron chi connectivity index (χ3n) is 11.0. The summed E-state index contributed by atoms with van der Waals surface area (Å²) in [6.07, 6.45) is -2.35. The average molecular weight is 828 g/mol. The summed E-state index contributed by atoms with van der Waals surface area (Å²) >= 11 is 0. The molecule has 0 aliphatic carbocycles. The van der Waals surface area contributed by atoms with Crippen molar-refractivity contribution in [2.24, 2.45) is 5.92 Å². The molecule has 2 aromatic carbocycles. The summed E-state index contributed by atoms with van der Waals surface area (Å²) in [5, 5.41) is 10.4. The van der Waals surface area contributed by atoms with E-state index in [1.165, 1.54) is 33.8 Å². The molecule has 0 saturated carbocycles. The highest BCUT2D eigenvalue weighted by molar-refractivity contribution is 5.98. The number of halogens is 3. The number of alkyl halides is 3. The second-order valence-corrected chi connectivity index (χ2v) is 15.4. The number of carbonyl (C=O) groups excluding carboxylic acids is 7. The number of carbonyl (C=O) groups is 7. The van der Waals surface area contributed by atoms with Crippen LogP contribution in [0.15, 0.2) is 54.6 Å². The van der Waals surface area contributed by atoms with Gasteiger partial charge in [-0.05, 0) is 81.2 Å². The van der Waals surface area contributed by atoms with Gasteiger partial charge in [-0.25, -0.2) is 9.59 Å². The first-order valence-corrected chi connectivity index (χ1v) is 19.7. The topological polar surface area (TPSA) is 196 Å². The van der Waals surface area contributed by atoms with Gasteiger partial charge in [0.1, 0.15) is 48.6 Å². The molecule has 0 spiro atoms. The number of esters is 1. The van der Waals surface area contributed by atoms with E-state index in [0.29, 0.717) is 31.2 Å². The molecule has 59 heavy (non-hydrogen) atoms. The highest BCUT2D eigenvalue weighted by atomic mass is 19.4. The van der Waals surface area contributed by atoms with Crippen molar-refractivity contribution < 1.29 is 56.2 Å². The van der Waals surface area contributed by atoms with Crippen LogP contribution in [0.5, 0.6) is 5.75 Å². The molecule has 4 heterocycles. The second kappa shape index (κ2) is 18.4. The molecule has 4 fully saturated rings. The van der Waals surface area contributed by atoms with Crippen molar-refractivity contribution in [2.75, 3.05) is 31.6 Å². The van der Waals surface area contributed by atoms with Gasteiger partial charge in [0.15, 0.2) is 0 Å². The van der Waals surface area contributed by atoms with Crippen LogP contribution in [0.4, 0.5) is 23.7 Å². The largest absolute Gasteiger partial charge is 0.573 e. The number of ether oxygens (including phenoxy) is 2. The monoisotopic (exact) mass is 827 g/mol. The number of hydrogen-bond acceptors (Lipinski definition) is 9. The minimum Gasteiger partial charge on any atom is -0.461 e. The zero-order valence-corrected chi connectivity index (χ0v) is 32.7. The van der Waals surface area contributed by atoms with Crippen LogP contribution in [0.2, 0.25) is 0 Å². The van der Waals surface area contributed by atoms with Gasteiger partial charge < -0.3 is 45.4 Å². The Hall–Kier alpha value is -5.88. The van der Waals surface area contributed by atoms with Crippen LogP contribution in [0.3, 0.4) is 0 Å². The second-order valence-electron chi connectivity index (χ2n) is 15.4. The normalized spacial score (nSPS) is 26.2. The lowest BCUT2D eigenvalue weighted by Crippen LogP contribution is -2.62. The molecule has 318 valence electrons. The number of piperidine rings is 1. The molecule has 0 bridgehead atoms. The minimum atomic E-state index is -4.91. The van der Waals surface area contributed by atoms with Gasteiger partial charge in [0.05, 0.1) is 0 Å². The van der Waals surface area contributed by atoms with Crippen molar-refractivity contribution in [3.05, 3.63) is 60.2 Å². The molecule has 4 saturated heterocycles. The fourth-order valence-electron chi connectivity index (χ4n) is 8.11. The van der Waals surface area contributed by atoms with Gasteiger partial charge in [0, 0.05) is 31.7 Å². The molecular formula is C40H48F3N7O9. The molecule has 6 rings (SSSR count). The van der Waals surface area contributed by atoms with E-state index in [2.05, 4.69) is 26.0 Å². The SMILES string of the molecule is C[C@H]1CC2C(=O)OC[C@H](NC(=O)[C@H](Cc3ccccc3)NC(=O)Nc3ccc(OC(F)(F)F)cc3)C(=O)N3CCCC3C(=O)N3CCCCC3C(=O)N[C@@H](C)C(=O)N2C1. The molecule has 3 unspecified atom stereocenters. The van der Waals surface area contributed by atoms with Gasteiger partial charge in [0.2, 0.25) is 29.5 Å². The van der Waals surface area contributed by atoms with E-state index in [0.717, 1.165) is 12.1 Å². The molecule has 7 atom stereocenters. The standard InChI is InChI=1S/C40H48F3N7O9/c1-23-19-32-38(56)58-22-29(36(54)49-18-8-12-31(49)37(55)48-17-7-6-11-30(48)34(52)44-24(2)35(53)50(32)21-23)46-33(51)28(20-25-9-4-3-5-10-25)47-39(57)45-26-13-15-27(16-14-26)59-40(41,42)43/h3-5,9-10,13-16,23-24,28-32H,6-8,11-12,17-22H2,1-2H3,(H,44,52)(H,46,51)(H2,45,47,57)/t23-,24-,28-,29-,30?,31?,32?/m0/s1. The van der Waals surface area contributed by atoms with E-state index in [9.17, 15) is 46.7 Å². The maximum Gasteiger partial charge on any atom is 0.573 e. The molecule has 7 amide bonds. The van der Waals surface area contributed by atoms with Gasteiger partial charge in [-0.1, -0.05) is 37.3 Å². The maximum atomic E-state index is 14.5. The number of anilines is 1. The predicted molar refractivity (Wildman–Crippen MR) is 203 cm³/mol. The Morgan fingerprint density at radius 3 is 2.24 bits per heavy atom. The highest BCUT2D eigenvalue weighted by Crippen LogP contribution is 2.28. The van der Waals surface area contributed by atoms with Crippen LogP contribution < -0.4 is 26.0 Å². The third kappa shape index (κ3) is 10.6. The van der Waals surface area contributed by atoms with Crippen LogP contribution >= 0.6 is 0 Å². The van der Waals surface area contributed by atoms with Gasteiger partial charge >= 0.3 is 18.4 Å². The molecule has 2 aromatic rings. The van der Waals surface area contributed by atoms with Crippen molar-refractivity contribution >= 4 is 47.2 Å². The number of benzene rings is 2. The Morgan fingerprint density at radius 2 is 1.53 bits per heavy atom. The van der Waals surface area contributed by atoms with Crippen LogP contribution in [0.1, 0.15) is 57.9 Å². The van der Waals surface area contributed by atoms with Gasteiger partial charge in [-0.2, -0.15) is 0 Å². The van der Waals surface area contributed by atoms with Crippen LogP contribution in [0.25, 0.3) is 0 Å². The molecule has 0 radical (unpaired) electrons. The molecule has 0 aromatic heterocycles. The van der Waals surface area contributed by atoms with Crippen molar-refractivity contribution in [2.45, 2.75) is 101 Å². The quantitative estimate of drug-likeness (QED) is 0.304. The first-order chi connectivity index (χ1) is 28.1. The van der Waals surface area contributed by atoms with E-state index in [-0.39, 0.29) is 50.5 Å². The zero-order chi connectivity index (χ0) is 42.4.